The van der Waals surface area contributed by atoms with E-state index in [0.29, 0.717) is 25.7 Å². The van der Waals surface area contributed by atoms with Gasteiger partial charge in [0.15, 0.2) is 12.2 Å². The van der Waals surface area contributed by atoms with Crippen molar-refractivity contribution >= 4 is 39.5 Å². The molecule has 5 atom stereocenters. The number of carbonyl (C=O) groups is 4. The van der Waals surface area contributed by atoms with E-state index in [9.17, 15) is 43.2 Å². The number of phosphoric ester groups is 2. The molecule has 0 heterocycles. The number of esters is 4. The van der Waals surface area contributed by atoms with Gasteiger partial charge >= 0.3 is 39.5 Å². The number of rotatable bonds is 90. The van der Waals surface area contributed by atoms with Crippen molar-refractivity contribution in [2.24, 2.45) is 0 Å². The second kappa shape index (κ2) is 83.0. The van der Waals surface area contributed by atoms with Gasteiger partial charge < -0.3 is 33.8 Å². The summed E-state index contributed by atoms with van der Waals surface area (Å²) < 4.78 is 68.9. The summed E-state index contributed by atoms with van der Waals surface area (Å²) in [4.78, 5) is 73.2. The Morgan fingerprint density at radius 2 is 0.370 bits per heavy atom. The second-order valence-corrected chi connectivity index (χ2v) is 34.9. The number of hydrogen-bond acceptors (Lipinski definition) is 15. The highest BCUT2D eigenvalue weighted by Crippen LogP contribution is 2.45. The van der Waals surface area contributed by atoms with E-state index in [1.165, 1.54) is 321 Å². The van der Waals surface area contributed by atoms with E-state index in [1.54, 1.807) is 0 Å². The van der Waals surface area contributed by atoms with Crippen LogP contribution in [0.4, 0.5) is 0 Å². The first-order valence-electron chi connectivity index (χ1n) is 46.3. The first-order valence-corrected chi connectivity index (χ1v) is 49.3. The Labute approximate surface area is 664 Å². The van der Waals surface area contributed by atoms with Crippen molar-refractivity contribution in [1.82, 2.24) is 0 Å². The van der Waals surface area contributed by atoms with Gasteiger partial charge in [-0.25, -0.2) is 9.13 Å². The van der Waals surface area contributed by atoms with Crippen molar-refractivity contribution in [3.8, 4) is 0 Å². The van der Waals surface area contributed by atoms with Gasteiger partial charge in [-0.3, -0.25) is 37.3 Å². The summed E-state index contributed by atoms with van der Waals surface area (Å²) in [6.45, 7) is 5.05. The zero-order valence-corrected chi connectivity index (χ0v) is 72.6. The molecule has 0 fully saturated rings. The summed E-state index contributed by atoms with van der Waals surface area (Å²) in [6.07, 6.45) is 79.5. The van der Waals surface area contributed by atoms with Gasteiger partial charge in [-0.05, 0) is 25.7 Å². The van der Waals surface area contributed by atoms with Crippen LogP contribution in [0.25, 0.3) is 0 Å². The van der Waals surface area contributed by atoms with Gasteiger partial charge in [0.1, 0.15) is 19.3 Å². The maximum atomic E-state index is 13.2. The van der Waals surface area contributed by atoms with E-state index in [0.717, 1.165) is 89.9 Å². The number of carbonyl (C=O) groups excluding carboxylic acids is 4. The standard InChI is InChI=1S/C89H174O17P2/c1-5-9-13-17-21-25-28-31-34-37-40-42-45-48-51-54-57-60-64-68-72-76-89(94)106-85(80-100-87(92)74-70-66-62-58-55-52-49-46-44-41-38-35-32-29-26-22-18-14-10-6-2)82-104-108(97,98)102-78-83(90)77-101-107(95,96)103-81-84(79-99-86(91)73-69-65-61-24-20-16-12-8-4)105-88(93)75-71-67-63-59-56-53-50-47-43-39-36-33-30-27-23-19-15-11-7-3/h83-85,90H,5-82H2,1-4H3,(H,95,96)(H,97,98)/t83-,84+,85+/m0/s1. The first kappa shape index (κ1) is 106. The number of phosphoric acid groups is 2. The van der Waals surface area contributed by atoms with Crippen LogP contribution < -0.4 is 0 Å². The lowest BCUT2D eigenvalue weighted by Gasteiger charge is -2.21. The Balaban J connectivity index is 5.17. The minimum atomic E-state index is -4.97. The molecule has 0 aliphatic carbocycles. The molecule has 2 unspecified atom stereocenters. The highest BCUT2D eigenvalue weighted by atomic mass is 31.2. The lowest BCUT2D eigenvalue weighted by Crippen LogP contribution is -2.30. The average Bonchev–Trinajstić information content (AvgIpc) is 0.898. The molecule has 642 valence electrons. The molecule has 0 amide bonds. The van der Waals surface area contributed by atoms with Gasteiger partial charge in [-0.2, -0.15) is 0 Å². The van der Waals surface area contributed by atoms with Gasteiger partial charge in [0.05, 0.1) is 26.4 Å². The normalized spacial score (nSPS) is 13.7. The fourth-order valence-corrected chi connectivity index (χ4v) is 15.6. The predicted octanol–water partition coefficient (Wildman–Crippen LogP) is 27.7. The van der Waals surface area contributed by atoms with Crippen molar-refractivity contribution in [1.29, 1.82) is 0 Å². The smallest absolute Gasteiger partial charge is 0.462 e. The predicted molar refractivity (Wildman–Crippen MR) is 446 cm³/mol. The number of hydrogen-bond donors (Lipinski definition) is 3. The molecular weight excluding hydrogens is 1400 g/mol. The van der Waals surface area contributed by atoms with E-state index in [4.69, 9.17) is 37.0 Å². The molecule has 19 heteroatoms. The summed E-state index contributed by atoms with van der Waals surface area (Å²) in [5.41, 5.74) is 0. The van der Waals surface area contributed by atoms with Crippen LogP contribution in [0.5, 0.6) is 0 Å². The Kier molecular flexibility index (Phi) is 81.5. The molecule has 0 aliphatic heterocycles. The van der Waals surface area contributed by atoms with Gasteiger partial charge in [0.25, 0.3) is 0 Å². The van der Waals surface area contributed by atoms with E-state index >= 15 is 0 Å². The second-order valence-electron chi connectivity index (χ2n) is 32.0. The molecule has 17 nitrogen and oxygen atoms in total. The summed E-state index contributed by atoms with van der Waals surface area (Å²) in [5, 5.41) is 10.7. The molecule has 0 aromatic rings. The van der Waals surface area contributed by atoms with Crippen LogP contribution >= 0.6 is 15.6 Å². The van der Waals surface area contributed by atoms with E-state index < -0.39 is 97.5 Å². The number of aliphatic hydroxyl groups excluding tert-OH is 1. The summed E-state index contributed by atoms with van der Waals surface area (Å²) in [5.74, 6) is -2.10. The quantitative estimate of drug-likeness (QED) is 0.0222. The van der Waals surface area contributed by atoms with Crippen LogP contribution in [0.2, 0.25) is 0 Å². The van der Waals surface area contributed by atoms with Gasteiger partial charge in [-0.1, -0.05) is 439 Å². The molecule has 108 heavy (non-hydrogen) atoms. The average molecular weight is 1580 g/mol. The van der Waals surface area contributed by atoms with E-state index in [2.05, 4.69) is 27.7 Å². The van der Waals surface area contributed by atoms with Crippen LogP contribution in [0.15, 0.2) is 0 Å². The molecule has 0 saturated carbocycles. The third-order valence-corrected chi connectivity index (χ3v) is 23.0. The first-order chi connectivity index (χ1) is 52.7. The largest absolute Gasteiger partial charge is 0.472 e. The van der Waals surface area contributed by atoms with Crippen molar-refractivity contribution in [2.45, 2.75) is 508 Å². The van der Waals surface area contributed by atoms with Crippen LogP contribution in [0, 0.1) is 0 Å². The van der Waals surface area contributed by atoms with Crippen LogP contribution in [0.3, 0.4) is 0 Å². The van der Waals surface area contributed by atoms with Crippen molar-refractivity contribution in [3.63, 3.8) is 0 Å². The summed E-state index contributed by atoms with van der Waals surface area (Å²) in [6, 6.07) is 0. The molecule has 0 bridgehead atoms. The lowest BCUT2D eigenvalue weighted by atomic mass is 10.0. The molecule has 0 spiro atoms. The Hall–Kier alpha value is -1.94. The minimum absolute atomic E-state index is 0.109. The summed E-state index contributed by atoms with van der Waals surface area (Å²) >= 11 is 0. The van der Waals surface area contributed by atoms with Crippen LogP contribution in [-0.2, 0) is 65.4 Å². The van der Waals surface area contributed by atoms with Crippen LogP contribution in [0.1, 0.15) is 490 Å². The molecule has 0 aromatic carbocycles. The fraction of sp³-hybridized carbons (Fsp3) is 0.955. The zero-order chi connectivity index (χ0) is 78.9. The van der Waals surface area contributed by atoms with Gasteiger partial charge in [0.2, 0.25) is 0 Å². The fourth-order valence-electron chi connectivity index (χ4n) is 14.1. The zero-order valence-electron chi connectivity index (χ0n) is 70.8. The van der Waals surface area contributed by atoms with Gasteiger partial charge in [-0.15, -0.1) is 0 Å². The Bertz CT molecular complexity index is 2030. The highest BCUT2D eigenvalue weighted by molar-refractivity contribution is 7.47. The highest BCUT2D eigenvalue weighted by Gasteiger charge is 2.30. The van der Waals surface area contributed by atoms with Crippen molar-refractivity contribution in [3.05, 3.63) is 0 Å². The van der Waals surface area contributed by atoms with Crippen LogP contribution in [-0.4, -0.2) is 96.7 Å². The molecule has 0 saturated heterocycles. The topological polar surface area (TPSA) is 237 Å². The monoisotopic (exact) mass is 1580 g/mol. The van der Waals surface area contributed by atoms with E-state index in [1.807, 2.05) is 0 Å². The number of ether oxygens (including phenoxy) is 4. The van der Waals surface area contributed by atoms with E-state index in [-0.39, 0.29) is 25.7 Å². The maximum Gasteiger partial charge on any atom is 0.472 e. The summed E-state index contributed by atoms with van der Waals surface area (Å²) in [7, 11) is -9.93. The van der Waals surface area contributed by atoms with Gasteiger partial charge in [0, 0.05) is 25.7 Å². The Morgan fingerprint density at radius 3 is 0.546 bits per heavy atom. The number of unbranched alkanes of at least 4 members (excludes halogenated alkanes) is 64. The van der Waals surface area contributed by atoms with Crippen molar-refractivity contribution < 1.29 is 80.2 Å². The number of aliphatic hydroxyl groups is 1. The molecule has 3 N–H and O–H groups in total. The molecule has 0 aromatic heterocycles. The molecule has 0 rings (SSSR count). The third kappa shape index (κ3) is 82.1. The van der Waals surface area contributed by atoms with Crippen molar-refractivity contribution in [2.75, 3.05) is 39.6 Å². The maximum absolute atomic E-state index is 13.2. The third-order valence-electron chi connectivity index (χ3n) is 21.1. The minimum Gasteiger partial charge on any atom is -0.462 e. The molecule has 0 aliphatic rings. The SMILES string of the molecule is CCCCCCCCCCCCCCCCCCCCCCCC(=O)O[C@H](COC(=O)CCCCCCCCCCCCCCCCCCCCCC)COP(=O)(O)OC[C@@H](O)COP(=O)(O)OC[C@@H](COC(=O)CCCCCCCCCC)OC(=O)CCCCCCCCCCCCCCCCCCCCC. The molecule has 0 radical (unpaired) electrons. The molecular formula is C89H174O17P2. The lowest BCUT2D eigenvalue weighted by molar-refractivity contribution is -0.161. The Morgan fingerprint density at radius 1 is 0.222 bits per heavy atom.